The molecule has 192 valence electrons. The Morgan fingerprint density at radius 3 is 2.41 bits per heavy atom. The highest BCUT2D eigenvalue weighted by Crippen LogP contribution is 2.42. The van der Waals surface area contributed by atoms with Gasteiger partial charge in [0.15, 0.2) is 15.8 Å². The maximum absolute atomic E-state index is 15.8. The quantitative estimate of drug-likeness (QED) is 0.323. The maximum Gasteiger partial charge on any atom is 0.267 e. The molecule has 3 heterocycles. The number of hydrogen-bond acceptors (Lipinski definition) is 7. The van der Waals surface area contributed by atoms with Crippen molar-refractivity contribution in [1.82, 2.24) is 15.0 Å². The monoisotopic (exact) mass is 545 g/mol. The van der Waals surface area contributed by atoms with E-state index in [1.165, 1.54) is 29.5 Å². The van der Waals surface area contributed by atoms with Crippen LogP contribution in [-0.2, 0) is 16.4 Å². The highest BCUT2D eigenvalue weighted by atomic mass is 32.2. The summed E-state index contributed by atoms with van der Waals surface area (Å²) in [7, 11) is -4.76. The van der Waals surface area contributed by atoms with Crippen molar-refractivity contribution in [1.29, 1.82) is 0 Å². The van der Waals surface area contributed by atoms with Crippen LogP contribution < -0.4 is 9.62 Å². The molecule has 1 saturated heterocycles. The lowest BCUT2D eigenvalue weighted by atomic mass is 10.1. The van der Waals surface area contributed by atoms with E-state index in [-0.39, 0.29) is 5.56 Å². The summed E-state index contributed by atoms with van der Waals surface area (Å²) in [6, 6.07) is 8.51. The van der Waals surface area contributed by atoms with Crippen LogP contribution >= 0.6 is 11.3 Å². The van der Waals surface area contributed by atoms with E-state index in [2.05, 4.69) is 14.9 Å². The number of anilines is 2. The molecule has 0 bridgehead atoms. The van der Waals surface area contributed by atoms with Gasteiger partial charge in [0.1, 0.15) is 17.5 Å². The Balaban J connectivity index is 1.61. The van der Waals surface area contributed by atoms with Crippen LogP contribution in [0.15, 0.2) is 53.6 Å². The highest BCUT2D eigenvalue weighted by molar-refractivity contribution is 7.92. The molecule has 1 N–H and O–H groups in total. The summed E-state index contributed by atoms with van der Waals surface area (Å²) in [5.74, 6) is -2.87. The Labute approximate surface area is 216 Å². The summed E-state index contributed by atoms with van der Waals surface area (Å²) in [5, 5.41) is 0.706. The van der Waals surface area contributed by atoms with Crippen molar-refractivity contribution in [3.63, 3.8) is 0 Å². The molecule has 7 nitrogen and oxygen atoms in total. The van der Waals surface area contributed by atoms with Crippen molar-refractivity contribution in [2.45, 2.75) is 31.1 Å². The standard InChI is InChI=1S/C25H22F3N5O2S2/c1-2-20-29-12-11-19(30-20)23-22(31-25(36-23)33-13-3-4-14-33)15-7-5-10-18(21(15)28)32-37(34,35)24-16(26)8-6-9-17(24)27/h5-12,32H,2-4,13-14H2,1H3. The maximum atomic E-state index is 15.8. The number of benzene rings is 2. The molecule has 1 fully saturated rings. The van der Waals surface area contributed by atoms with Crippen molar-refractivity contribution in [3.05, 3.63) is 71.9 Å². The minimum absolute atomic E-state index is 0.0302. The number of nitrogens with zero attached hydrogens (tertiary/aromatic N) is 4. The normalized spacial score (nSPS) is 13.8. The van der Waals surface area contributed by atoms with Crippen molar-refractivity contribution in [2.24, 2.45) is 0 Å². The molecular weight excluding hydrogens is 523 g/mol. The molecule has 37 heavy (non-hydrogen) atoms. The SMILES string of the molecule is CCc1nccc(-c2sc(N3CCCC3)nc2-c2cccc(NS(=O)(=O)c3c(F)cccc3F)c2F)n1. The van der Waals surface area contributed by atoms with Gasteiger partial charge in [-0.3, -0.25) is 4.72 Å². The number of aryl methyl sites for hydroxylation is 1. The van der Waals surface area contributed by atoms with Crippen LogP contribution in [0.2, 0.25) is 0 Å². The first-order valence-corrected chi connectivity index (χ1v) is 13.9. The second-order valence-electron chi connectivity index (χ2n) is 8.40. The first-order chi connectivity index (χ1) is 17.8. The number of rotatable bonds is 7. The molecule has 1 aliphatic rings. The number of sulfonamides is 1. The second kappa shape index (κ2) is 10.1. The molecular formula is C25H22F3N5O2S2. The minimum Gasteiger partial charge on any atom is -0.348 e. The summed E-state index contributed by atoms with van der Waals surface area (Å²) in [5.41, 5.74) is 0.438. The van der Waals surface area contributed by atoms with Crippen molar-refractivity contribution >= 4 is 32.2 Å². The van der Waals surface area contributed by atoms with Crippen LogP contribution in [0.3, 0.4) is 0 Å². The van der Waals surface area contributed by atoms with E-state index in [4.69, 9.17) is 4.98 Å². The van der Waals surface area contributed by atoms with Gasteiger partial charge >= 0.3 is 0 Å². The molecule has 0 unspecified atom stereocenters. The summed E-state index contributed by atoms with van der Waals surface area (Å²) in [4.78, 5) is 15.1. The molecule has 12 heteroatoms. The zero-order valence-corrected chi connectivity index (χ0v) is 21.3. The second-order valence-corrected chi connectivity index (χ2v) is 11.0. The van der Waals surface area contributed by atoms with Gasteiger partial charge in [-0.05, 0) is 43.2 Å². The number of nitrogens with one attached hydrogen (secondary N) is 1. The first kappa shape index (κ1) is 25.2. The van der Waals surface area contributed by atoms with E-state index in [1.807, 2.05) is 11.6 Å². The van der Waals surface area contributed by atoms with Crippen molar-refractivity contribution in [2.75, 3.05) is 22.7 Å². The van der Waals surface area contributed by atoms with Gasteiger partial charge in [0.2, 0.25) is 0 Å². The van der Waals surface area contributed by atoms with E-state index in [1.54, 1.807) is 12.3 Å². The van der Waals surface area contributed by atoms with Gasteiger partial charge in [0.05, 0.1) is 22.0 Å². The Bertz CT molecular complexity index is 1550. The summed E-state index contributed by atoms with van der Waals surface area (Å²) < 4.78 is 71.7. The highest BCUT2D eigenvalue weighted by Gasteiger charge is 2.28. The van der Waals surface area contributed by atoms with Gasteiger partial charge in [-0.1, -0.05) is 30.4 Å². The summed E-state index contributed by atoms with van der Waals surface area (Å²) in [6.45, 7) is 3.58. The molecule has 0 atom stereocenters. The topological polar surface area (TPSA) is 88.1 Å². The smallest absolute Gasteiger partial charge is 0.267 e. The van der Waals surface area contributed by atoms with Crippen LogP contribution in [0, 0.1) is 17.5 Å². The number of hydrogen-bond donors (Lipinski definition) is 1. The van der Waals surface area contributed by atoms with Gasteiger partial charge in [-0.2, -0.15) is 0 Å². The molecule has 0 saturated carbocycles. The molecule has 0 amide bonds. The zero-order valence-electron chi connectivity index (χ0n) is 19.7. The van der Waals surface area contributed by atoms with Crippen LogP contribution in [-0.4, -0.2) is 36.5 Å². The molecule has 0 radical (unpaired) electrons. The van der Waals surface area contributed by atoms with E-state index < -0.39 is 38.1 Å². The van der Waals surface area contributed by atoms with Crippen LogP contribution in [0.1, 0.15) is 25.6 Å². The Hall–Kier alpha value is -3.51. The average Bonchev–Trinajstić information content (AvgIpc) is 3.55. The molecule has 0 aliphatic carbocycles. The average molecular weight is 546 g/mol. The lowest BCUT2D eigenvalue weighted by Gasteiger charge is -2.13. The third-order valence-corrected chi connectivity index (χ3v) is 8.49. The number of thiazole rings is 1. The molecule has 4 aromatic rings. The number of halogens is 3. The largest absolute Gasteiger partial charge is 0.348 e. The predicted octanol–water partition coefficient (Wildman–Crippen LogP) is 5.65. The lowest BCUT2D eigenvalue weighted by Crippen LogP contribution is -2.17. The van der Waals surface area contributed by atoms with Crippen molar-refractivity contribution in [3.8, 4) is 21.8 Å². The Kier molecular flexibility index (Phi) is 6.86. The van der Waals surface area contributed by atoms with E-state index in [9.17, 15) is 17.2 Å². The molecule has 2 aromatic carbocycles. The minimum atomic E-state index is -4.76. The predicted molar refractivity (Wildman–Crippen MR) is 137 cm³/mol. The Morgan fingerprint density at radius 2 is 1.70 bits per heavy atom. The lowest BCUT2D eigenvalue weighted by molar-refractivity contribution is 0.521. The van der Waals surface area contributed by atoms with Crippen LogP contribution in [0.5, 0.6) is 0 Å². The third-order valence-electron chi connectivity index (χ3n) is 5.93. The molecule has 5 rings (SSSR count). The van der Waals surface area contributed by atoms with Crippen LogP contribution in [0.25, 0.3) is 21.8 Å². The fourth-order valence-corrected chi connectivity index (χ4v) is 6.43. The fraction of sp³-hybridized carbons (Fsp3) is 0.240. The first-order valence-electron chi connectivity index (χ1n) is 11.6. The number of aromatic nitrogens is 3. The van der Waals surface area contributed by atoms with Gasteiger partial charge < -0.3 is 4.90 Å². The van der Waals surface area contributed by atoms with Gasteiger partial charge in [0, 0.05) is 31.3 Å². The van der Waals surface area contributed by atoms with Crippen molar-refractivity contribution < 1.29 is 21.6 Å². The van der Waals surface area contributed by atoms with Gasteiger partial charge in [0.25, 0.3) is 10.0 Å². The molecule has 0 spiro atoms. The van der Waals surface area contributed by atoms with Crippen LogP contribution in [0.4, 0.5) is 24.0 Å². The van der Waals surface area contributed by atoms with Gasteiger partial charge in [-0.15, -0.1) is 0 Å². The fourth-order valence-electron chi connectivity index (χ4n) is 4.13. The van der Waals surface area contributed by atoms with E-state index >= 15 is 4.39 Å². The third kappa shape index (κ3) is 4.90. The summed E-state index contributed by atoms with van der Waals surface area (Å²) in [6.07, 6.45) is 4.29. The van der Waals surface area contributed by atoms with Gasteiger partial charge in [-0.25, -0.2) is 36.5 Å². The Morgan fingerprint density at radius 1 is 1.00 bits per heavy atom. The molecule has 1 aliphatic heterocycles. The summed E-state index contributed by atoms with van der Waals surface area (Å²) >= 11 is 1.37. The van der Waals surface area contributed by atoms with E-state index in [0.717, 1.165) is 44.1 Å². The molecule has 2 aromatic heterocycles. The van der Waals surface area contributed by atoms with E-state index in [0.29, 0.717) is 33.6 Å². The zero-order chi connectivity index (χ0) is 26.2.